The summed E-state index contributed by atoms with van der Waals surface area (Å²) in [5, 5.41) is 2.95. The number of nitrogens with one attached hydrogen (secondary N) is 1. The molecule has 0 spiro atoms. The fourth-order valence-corrected chi connectivity index (χ4v) is 2.49. The third-order valence-electron chi connectivity index (χ3n) is 4.37. The monoisotopic (exact) mass is 377 g/mol. The second-order valence-corrected chi connectivity index (χ2v) is 6.39. The van der Waals surface area contributed by atoms with Gasteiger partial charge >= 0.3 is 6.01 Å². The van der Waals surface area contributed by atoms with Crippen LogP contribution in [0.25, 0.3) is 11.1 Å². The number of methoxy groups -OCH3 is 1. The Morgan fingerprint density at radius 1 is 0.964 bits per heavy atom. The maximum absolute atomic E-state index is 12.2. The molecule has 3 rings (SSSR count). The van der Waals surface area contributed by atoms with E-state index >= 15 is 0 Å². The van der Waals surface area contributed by atoms with E-state index in [2.05, 4.69) is 15.3 Å². The molecule has 0 aliphatic carbocycles. The Kier molecular flexibility index (Phi) is 6.22. The zero-order chi connectivity index (χ0) is 19.9. The first-order chi connectivity index (χ1) is 13.6. The number of aromatic nitrogens is 2. The first-order valence-electron chi connectivity index (χ1n) is 9.14. The molecule has 0 bridgehead atoms. The van der Waals surface area contributed by atoms with Gasteiger partial charge < -0.3 is 14.8 Å². The average molecular weight is 377 g/mol. The van der Waals surface area contributed by atoms with Crippen LogP contribution < -0.4 is 14.8 Å². The van der Waals surface area contributed by atoms with E-state index in [-0.39, 0.29) is 18.0 Å². The van der Waals surface area contributed by atoms with Crippen LogP contribution in [0.3, 0.4) is 0 Å². The molecular formula is C22H23N3O3. The number of amides is 1. The summed E-state index contributed by atoms with van der Waals surface area (Å²) < 4.78 is 10.8. The van der Waals surface area contributed by atoms with Crippen LogP contribution in [-0.4, -0.2) is 29.0 Å². The molecule has 1 N–H and O–H groups in total. The quantitative estimate of drug-likeness (QED) is 0.657. The van der Waals surface area contributed by atoms with Crippen molar-refractivity contribution in [1.82, 2.24) is 15.3 Å². The van der Waals surface area contributed by atoms with Gasteiger partial charge in [-0.25, -0.2) is 9.97 Å². The van der Waals surface area contributed by atoms with Crippen LogP contribution >= 0.6 is 0 Å². The predicted molar refractivity (Wildman–Crippen MR) is 108 cm³/mol. The normalized spacial score (nSPS) is 11.5. The molecule has 0 aliphatic rings. The number of carbonyl (C=O) groups is 1. The summed E-state index contributed by atoms with van der Waals surface area (Å²) in [6.07, 6.45) is 4.28. The molecule has 1 aromatic heterocycles. The number of rotatable bonds is 7. The van der Waals surface area contributed by atoms with Crippen LogP contribution in [0.1, 0.15) is 30.6 Å². The van der Waals surface area contributed by atoms with Gasteiger partial charge in [0, 0.05) is 29.6 Å². The van der Waals surface area contributed by atoms with E-state index in [4.69, 9.17) is 9.47 Å². The smallest absolute Gasteiger partial charge is 0.321 e. The first-order valence-corrected chi connectivity index (χ1v) is 9.14. The number of hydrogen-bond donors (Lipinski definition) is 1. The molecular weight excluding hydrogens is 354 g/mol. The van der Waals surface area contributed by atoms with Crippen molar-refractivity contribution >= 4 is 5.91 Å². The summed E-state index contributed by atoms with van der Waals surface area (Å²) in [5.41, 5.74) is 2.40. The van der Waals surface area contributed by atoms with Crippen molar-refractivity contribution in [2.45, 2.75) is 26.3 Å². The molecule has 0 fully saturated rings. The highest BCUT2D eigenvalue weighted by molar-refractivity contribution is 5.94. The van der Waals surface area contributed by atoms with Crippen molar-refractivity contribution in [2.75, 3.05) is 7.11 Å². The van der Waals surface area contributed by atoms with Crippen molar-refractivity contribution in [3.05, 3.63) is 66.5 Å². The Labute approximate surface area is 164 Å². The van der Waals surface area contributed by atoms with Crippen molar-refractivity contribution in [3.63, 3.8) is 0 Å². The SMILES string of the molecule is CCC(C)NC(=O)c1ccc(-c2cnc(Oc3ccc(OC)cc3)nc2)cc1. The zero-order valence-corrected chi connectivity index (χ0v) is 16.2. The second-order valence-electron chi connectivity index (χ2n) is 6.39. The van der Waals surface area contributed by atoms with Gasteiger partial charge in [0.1, 0.15) is 11.5 Å². The summed E-state index contributed by atoms with van der Waals surface area (Å²) in [5.74, 6) is 1.32. The van der Waals surface area contributed by atoms with Gasteiger partial charge in [0.15, 0.2) is 0 Å². The minimum atomic E-state index is -0.0691. The maximum atomic E-state index is 12.2. The molecule has 0 radical (unpaired) electrons. The zero-order valence-electron chi connectivity index (χ0n) is 16.2. The molecule has 0 aliphatic heterocycles. The van der Waals surface area contributed by atoms with E-state index < -0.39 is 0 Å². The van der Waals surface area contributed by atoms with E-state index in [9.17, 15) is 4.79 Å². The van der Waals surface area contributed by atoms with Crippen molar-refractivity contribution in [2.24, 2.45) is 0 Å². The van der Waals surface area contributed by atoms with Crippen LogP contribution in [-0.2, 0) is 0 Å². The van der Waals surface area contributed by atoms with Gasteiger partial charge in [-0.2, -0.15) is 0 Å². The molecule has 0 saturated heterocycles. The Morgan fingerprint density at radius 2 is 1.57 bits per heavy atom. The third kappa shape index (κ3) is 4.85. The van der Waals surface area contributed by atoms with Crippen LogP contribution in [0.2, 0.25) is 0 Å². The second kappa shape index (κ2) is 8.99. The lowest BCUT2D eigenvalue weighted by atomic mass is 10.1. The fraction of sp³-hybridized carbons (Fsp3) is 0.227. The van der Waals surface area contributed by atoms with Crippen LogP contribution in [0.4, 0.5) is 0 Å². The number of ether oxygens (including phenoxy) is 2. The Bertz CT molecular complexity index is 907. The number of benzene rings is 2. The van der Waals surface area contributed by atoms with Crippen molar-refractivity contribution in [1.29, 1.82) is 0 Å². The minimum Gasteiger partial charge on any atom is -0.497 e. The Morgan fingerprint density at radius 3 is 2.14 bits per heavy atom. The molecule has 1 unspecified atom stereocenters. The molecule has 1 amide bonds. The third-order valence-corrected chi connectivity index (χ3v) is 4.37. The molecule has 2 aromatic carbocycles. The molecule has 3 aromatic rings. The number of carbonyl (C=O) groups excluding carboxylic acids is 1. The summed E-state index contributed by atoms with van der Waals surface area (Å²) in [6, 6.07) is 15.0. The van der Waals surface area contributed by atoms with Gasteiger partial charge in [0.2, 0.25) is 0 Å². The number of nitrogens with zero attached hydrogens (tertiary/aromatic N) is 2. The number of hydrogen-bond acceptors (Lipinski definition) is 5. The molecule has 6 nitrogen and oxygen atoms in total. The highest BCUT2D eigenvalue weighted by atomic mass is 16.5. The minimum absolute atomic E-state index is 0.0691. The largest absolute Gasteiger partial charge is 0.497 e. The predicted octanol–water partition coefficient (Wildman–Crippen LogP) is 4.47. The molecule has 144 valence electrons. The van der Waals surface area contributed by atoms with Gasteiger partial charge in [-0.15, -0.1) is 0 Å². The molecule has 1 atom stereocenters. The van der Waals surface area contributed by atoms with E-state index in [0.717, 1.165) is 23.3 Å². The fourth-order valence-electron chi connectivity index (χ4n) is 2.49. The average Bonchev–Trinajstić information content (AvgIpc) is 2.75. The molecule has 0 saturated carbocycles. The Balaban J connectivity index is 1.66. The van der Waals surface area contributed by atoms with Gasteiger partial charge in [0.25, 0.3) is 5.91 Å². The van der Waals surface area contributed by atoms with Crippen LogP contribution in [0, 0.1) is 0 Å². The summed E-state index contributed by atoms with van der Waals surface area (Å²) in [6.45, 7) is 4.02. The summed E-state index contributed by atoms with van der Waals surface area (Å²) >= 11 is 0. The van der Waals surface area contributed by atoms with Gasteiger partial charge in [0.05, 0.1) is 7.11 Å². The molecule has 6 heteroatoms. The van der Waals surface area contributed by atoms with E-state index in [0.29, 0.717) is 11.3 Å². The summed E-state index contributed by atoms with van der Waals surface area (Å²) in [4.78, 5) is 20.7. The highest BCUT2D eigenvalue weighted by Crippen LogP contribution is 2.23. The Hall–Kier alpha value is -3.41. The van der Waals surface area contributed by atoms with E-state index in [1.165, 1.54) is 0 Å². The lowest BCUT2D eigenvalue weighted by Gasteiger charge is -2.11. The van der Waals surface area contributed by atoms with Gasteiger partial charge in [-0.05, 0) is 55.3 Å². The van der Waals surface area contributed by atoms with E-state index in [1.807, 2.05) is 38.1 Å². The van der Waals surface area contributed by atoms with Gasteiger partial charge in [-0.3, -0.25) is 4.79 Å². The summed E-state index contributed by atoms with van der Waals surface area (Å²) in [7, 11) is 1.61. The van der Waals surface area contributed by atoms with Crippen LogP contribution in [0.5, 0.6) is 17.5 Å². The standard InChI is InChI=1S/C22H23N3O3/c1-4-15(2)25-21(26)17-7-5-16(6-8-17)18-13-23-22(24-14-18)28-20-11-9-19(27-3)10-12-20/h5-15H,4H2,1-3H3,(H,25,26). The molecule has 1 heterocycles. The molecule has 28 heavy (non-hydrogen) atoms. The maximum Gasteiger partial charge on any atom is 0.321 e. The highest BCUT2D eigenvalue weighted by Gasteiger charge is 2.09. The van der Waals surface area contributed by atoms with Crippen LogP contribution in [0.15, 0.2) is 60.9 Å². The van der Waals surface area contributed by atoms with Gasteiger partial charge in [-0.1, -0.05) is 19.1 Å². The topological polar surface area (TPSA) is 73.3 Å². The van der Waals surface area contributed by atoms with E-state index in [1.54, 1.807) is 43.8 Å². The first kappa shape index (κ1) is 19.4. The lowest BCUT2D eigenvalue weighted by molar-refractivity contribution is 0.0939. The van der Waals surface area contributed by atoms with Crippen molar-refractivity contribution < 1.29 is 14.3 Å². The van der Waals surface area contributed by atoms with Crippen molar-refractivity contribution in [3.8, 4) is 28.6 Å². The lowest BCUT2D eigenvalue weighted by Crippen LogP contribution is -2.31.